The summed E-state index contributed by atoms with van der Waals surface area (Å²) >= 11 is 0. The zero-order valence-corrected chi connectivity index (χ0v) is 17.8. The van der Waals surface area contributed by atoms with Crippen molar-refractivity contribution in [2.45, 2.75) is 31.7 Å². The Morgan fingerprint density at radius 2 is 1.48 bits per heavy atom. The van der Waals surface area contributed by atoms with E-state index in [1.807, 2.05) is 9.80 Å². The summed E-state index contributed by atoms with van der Waals surface area (Å²) in [5.41, 5.74) is 0.484. The van der Waals surface area contributed by atoms with Gasteiger partial charge in [0.25, 0.3) is 11.6 Å². The molecule has 1 aromatic carbocycles. The number of hydrogen-bond acceptors (Lipinski definition) is 6. The Labute approximate surface area is 182 Å². The van der Waals surface area contributed by atoms with Crippen molar-refractivity contribution in [3.8, 4) is 0 Å². The zero-order chi connectivity index (χ0) is 21.8. The van der Waals surface area contributed by atoms with Crippen molar-refractivity contribution in [2.75, 3.05) is 52.5 Å². The molecule has 0 unspecified atom stereocenters. The number of rotatable bonds is 4. The fraction of sp³-hybridized carbons (Fsp3) is 0.636. The van der Waals surface area contributed by atoms with Gasteiger partial charge >= 0.3 is 0 Å². The molecule has 0 saturated carbocycles. The number of benzene rings is 1. The fourth-order valence-electron chi connectivity index (χ4n) is 4.90. The highest BCUT2D eigenvalue weighted by atomic mass is 16.6. The Morgan fingerprint density at radius 1 is 0.871 bits per heavy atom. The number of nitro benzene ring substituents is 1. The van der Waals surface area contributed by atoms with Crippen LogP contribution in [0.2, 0.25) is 0 Å². The first kappa shape index (κ1) is 21.7. The van der Waals surface area contributed by atoms with Crippen molar-refractivity contribution in [3.63, 3.8) is 0 Å². The molecule has 0 aliphatic carbocycles. The van der Waals surface area contributed by atoms with Crippen LogP contribution in [0.25, 0.3) is 0 Å². The number of hydrogen-bond donors (Lipinski definition) is 0. The van der Waals surface area contributed by atoms with Crippen molar-refractivity contribution < 1.29 is 19.2 Å². The summed E-state index contributed by atoms with van der Waals surface area (Å²) < 4.78 is 5.34. The van der Waals surface area contributed by atoms with Gasteiger partial charge in [-0.25, -0.2) is 0 Å². The maximum atomic E-state index is 12.7. The molecule has 0 atom stereocenters. The predicted octanol–water partition coefficient (Wildman–Crippen LogP) is 1.77. The molecule has 31 heavy (non-hydrogen) atoms. The van der Waals surface area contributed by atoms with Crippen LogP contribution in [0.4, 0.5) is 5.69 Å². The molecular weight excluding hydrogens is 400 g/mol. The van der Waals surface area contributed by atoms with E-state index in [4.69, 9.17) is 4.74 Å². The van der Waals surface area contributed by atoms with E-state index in [1.165, 1.54) is 24.3 Å². The van der Waals surface area contributed by atoms with E-state index >= 15 is 0 Å². The smallest absolute Gasteiger partial charge is 0.269 e. The Bertz CT molecular complexity index is 793. The molecule has 9 nitrogen and oxygen atoms in total. The van der Waals surface area contributed by atoms with Crippen LogP contribution in [0.1, 0.15) is 36.0 Å². The van der Waals surface area contributed by atoms with Gasteiger partial charge < -0.3 is 19.4 Å². The molecule has 0 N–H and O–H groups in total. The van der Waals surface area contributed by atoms with E-state index in [2.05, 4.69) is 4.90 Å². The number of ether oxygens (including phenoxy) is 1. The standard InChI is InChI=1S/C22H30N4O5/c27-21(17-1-3-20(4-2-17)26(29)30)24-11-7-19(8-12-24)23-9-5-18(6-10-23)22(28)25-13-15-31-16-14-25/h1-4,18-19H,5-16H2. The van der Waals surface area contributed by atoms with Gasteiger partial charge in [0.2, 0.25) is 5.91 Å². The Balaban J connectivity index is 1.23. The van der Waals surface area contributed by atoms with Gasteiger partial charge in [-0.3, -0.25) is 19.7 Å². The van der Waals surface area contributed by atoms with Crippen LogP contribution in [-0.2, 0) is 9.53 Å². The van der Waals surface area contributed by atoms with E-state index in [9.17, 15) is 19.7 Å². The minimum Gasteiger partial charge on any atom is -0.378 e. The molecule has 0 spiro atoms. The number of carbonyl (C=O) groups is 2. The summed E-state index contributed by atoms with van der Waals surface area (Å²) in [7, 11) is 0. The van der Waals surface area contributed by atoms with E-state index in [0.717, 1.165) is 38.8 Å². The fourth-order valence-corrected chi connectivity index (χ4v) is 4.90. The SMILES string of the molecule is O=C(c1ccc([N+](=O)[O-])cc1)N1CCC(N2CCC(C(=O)N3CCOCC3)CC2)CC1. The molecule has 0 radical (unpaired) electrons. The van der Waals surface area contributed by atoms with Crippen LogP contribution < -0.4 is 0 Å². The van der Waals surface area contributed by atoms with Crippen molar-refractivity contribution >= 4 is 17.5 Å². The van der Waals surface area contributed by atoms with E-state index in [1.54, 1.807) is 0 Å². The molecule has 4 rings (SSSR count). The first-order valence-electron chi connectivity index (χ1n) is 11.2. The lowest BCUT2D eigenvalue weighted by Crippen LogP contribution is -2.51. The topological polar surface area (TPSA) is 96.2 Å². The van der Waals surface area contributed by atoms with Gasteiger partial charge in [0.15, 0.2) is 0 Å². The second-order valence-electron chi connectivity index (χ2n) is 8.58. The third kappa shape index (κ3) is 5.04. The molecule has 1 aromatic rings. The normalized spacial score (nSPS) is 21.8. The highest BCUT2D eigenvalue weighted by Crippen LogP contribution is 2.26. The molecule has 3 saturated heterocycles. The number of nitro groups is 1. The third-order valence-corrected chi connectivity index (χ3v) is 6.79. The summed E-state index contributed by atoms with van der Waals surface area (Å²) in [6.45, 7) is 5.94. The number of amides is 2. The van der Waals surface area contributed by atoms with Gasteiger partial charge in [-0.05, 0) is 50.9 Å². The monoisotopic (exact) mass is 430 g/mol. The minimum atomic E-state index is -0.461. The number of piperidine rings is 2. The number of non-ortho nitro benzene ring substituents is 1. The summed E-state index contributed by atoms with van der Waals surface area (Å²) in [4.78, 5) is 42.0. The van der Waals surface area contributed by atoms with Crippen LogP contribution in [-0.4, -0.2) is 90.0 Å². The van der Waals surface area contributed by atoms with Crippen molar-refractivity contribution in [2.24, 2.45) is 5.92 Å². The third-order valence-electron chi connectivity index (χ3n) is 6.79. The van der Waals surface area contributed by atoms with Crippen LogP contribution >= 0.6 is 0 Å². The molecule has 3 heterocycles. The lowest BCUT2D eigenvalue weighted by atomic mass is 9.92. The predicted molar refractivity (Wildman–Crippen MR) is 114 cm³/mol. The first-order chi connectivity index (χ1) is 15.0. The Hall–Kier alpha value is -2.52. The molecule has 3 aliphatic rings. The molecule has 3 aliphatic heterocycles. The van der Waals surface area contributed by atoms with Crippen molar-refractivity contribution in [3.05, 3.63) is 39.9 Å². The quantitative estimate of drug-likeness (QED) is 0.534. The van der Waals surface area contributed by atoms with Gasteiger partial charge in [0, 0.05) is 55.8 Å². The second kappa shape index (κ2) is 9.74. The zero-order valence-electron chi connectivity index (χ0n) is 17.8. The largest absolute Gasteiger partial charge is 0.378 e. The van der Waals surface area contributed by atoms with Gasteiger partial charge in [-0.15, -0.1) is 0 Å². The molecule has 2 amide bonds. The lowest BCUT2D eigenvalue weighted by Gasteiger charge is -2.42. The van der Waals surface area contributed by atoms with Crippen LogP contribution in [0.3, 0.4) is 0 Å². The van der Waals surface area contributed by atoms with Gasteiger partial charge in [-0.2, -0.15) is 0 Å². The summed E-state index contributed by atoms with van der Waals surface area (Å²) in [5.74, 6) is 0.341. The number of likely N-dealkylation sites (tertiary alicyclic amines) is 2. The lowest BCUT2D eigenvalue weighted by molar-refractivity contribution is -0.384. The highest BCUT2D eigenvalue weighted by Gasteiger charge is 2.33. The maximum Gasteiger partial charge on any atom is 0.269 e. The van der Waals surface area contributed by atoms with Gasteiger partial charge in [-0.1, -0.05) is 0 Å². The summed E-state index contributed by atoms with van der Waals surface area (Å²) in [6.07, 6.45) is 3.64. The molecule has 9 heteroatoms. The summed E-state index contributed by atoms with van der Waals surface area (Å²) in [5, 5.41) is 10.8. The highest BCUT2D eigenvalue weighted by molar-refractivity contribution is 5.94. The first-order valence-corrected chi connectivity index (χ1v) is 11.2. The number of nitrogens with zero attached hydrogens (tertiary/aromatic N) is 4. The number of morpholine rings is 1. The van der Waals surface area contributed by atoms with Crippen LogP contribution in [0, 0.1) is 16.0 Å². The van der Waals surface area contributed by atoms with E-state index < -0.39 is 4.92 Å². The number of carbonyl (C=O) groups excluding carboxylic acids is 2. The second-order valence-corrected chi connectivity index (χ2v) is 8.58. The molecule has 0 aromatic heterocycles. The van der Waals surface area contributed by atoms with Crippen LogP contribution in [0.5, 0.6) is 0 Å². The van der Waals surface area contributed by atoms with E-state index in [-0.39, 0.29) is 23.4 Å². The Kier molecular flexibility index (Phi) is 6.82. The minimum absolute atomic E-state index is 0.00855. The summed E-state index contributed by atoms with van der Waals surface area (Å²) in [6, 6.07) is 6.26. The molecule has 168 valence electrons. The van der Waals surface area contributed by atoms with Gasteiger partial charge in [0.1, 0.15) is 0 Å². The van der Waals surface area contributed by atoms with Crippen molar-refractivity contribution in [1.29, 1.82) is 0 Å². The van der Waals surface area contributed by atoms with Crippen molar-refractivity contribution in [1.82, 2.24) is 14.7 Å². The molecule has 3 fully saturated rings. The maximum absolute atomic E-state index is 12.7. The molecular formula is C22H30N4O5. The Morgan fingerprint density at radius 3 is 2.06 bits per heavy atom. The van der Waals surface area contributed by atoms with Crippen LogP contribution in [0.15, 0.2) is 24.3 Å². The average Bonchev–Trinajstić information content (AvgIpc) is 2.84. The van der Waals surface area contributed by atoms with E-state index in [0.29, 0.717) is 51.0 Å². The van der Waals surface area contributed by atoms with Gasteiger partial charge in [0.05, 0.1) is 18.1 Å². The average molecular weight is 431 g/mol. The molecule has 0 bridgehead atoms.